The third kappa shape index (κ3) is 4.47. The Labute approximate surface area is 225 Å². The van der Waals surface area contributed by atoms with Gasteiger partial charge in [0.15, 0.2) is 0 Å². The van der Waals surface area contributed by atoms with Gasteiger partial charge in [-0.3, -0.25) is 9.69 Å². The van der Waals surface area contributed by atoms with Gasteiger partial charge < -0.3 is 24.3 Å². The first kappa shape index (κ1) is 26.3. The minimum atomic E-state index is -1.15. The van der Waals surface area contributed by atoms with Crippen molar-refractivity contribution in [3.05, 3.63) is 52.3 Å². The number of aliphatic hydroxyl groups is 1. The fourth-order valence-electron chi connectivity index (χ4n) is 5.99. The summed E-state index contributed by atoms with van der Waals surface area (Å²) in [5.74, 6) is -0.296. The van der Waals surface area contributed by atoms with E-state index in [1.165, 1.54) is 7.11 Å². The van der Waals surface area contributed by atoms with E-state index >= 15 is 0 Å². The lowest BCUT2D eigenvalue weighted by atomic mass is 9.85. The van der Waals surface area contributed by atoms with Crippen molar-refractivity contribution >= 4 is 40.4 Å². The van der Waals surface area contributed by atoms with Gasteiger partial charge in [-0.15, -0.1) is 0 Å². The number of carbonyl (C=O) groups is 2. The standard InChI is InChI=1S/C28H32ClN3O6/c1-15-7-9-20-22(31(15)28(36)38-3)11-12-23-24(20)30-26(25(33)19-10-8-18(37-2)14-21(19)29)32(23)17-6-4-5-16(13-17)27(34)35/h8,10-12,14-17,25,33H,4-7,9,13H2,1-3H3,(H,34,35)/t15-,16?,17?,25?/m0/s1. The molecule has 0 radical (unpaired) electrons. The minimum absolute atomic E-state index is 0.0349. The Hall–Kier alpha value is -3.30. The monoisotopic (exact) mass is 541 g/mol. The average Bonchev–Trinajstić information content (AvgIpc) is 3.32. The lowest BCUT2D eigenvalue weighted by Gasteiger charge is -2.34. The van der Waals surface area contributed by atoms with Crippen LogP contribution in [0.5, 0.6) is 5.75 Å². The molecule has 0 bridgehead atoms. The van der Waals surface area contributed by atoms with E-state index in [4.69, 9.17) is 26.1 Å². The molecule has 38 heavy (non-hydrogen) atoms. The normalized spacial score (nSPS) is 22.1. The van der Waals surface area contributed by atoms with Crippen molar-refractivity contribution in [2.75, 3.05) is 19.1 Å². The zero-order chi connectivity index (χ0) is 27.1. The molecule has 2 aromatic carbocycles. The Morgan fingerprint density at radius 1 is 1.16 bits per heavy atom. The highest BCUT2D eigenvalue weighted by atomic mass is 35.5. The molecule has 5 rings (SSSR count). The van der Waals surface area contributed by atoms with Crippen molar-refractivity contribution in [2.24, 2.45) is 5.92 Å². The van der Waals surface area contributed by atoms with Crippen LogP contribution in [0.2, 0.25) is 5.02 Å². The summed E-state index contributed by atoms with van der Waals surface area (Å²) in [6.45, 7) is 1.98. The van der Waals surface area contributed by atoms with Crippen LogP contribution in [0.1, 0.15) is 68.1 Å². The first-order valence-electron chi connectivity index (χ1n) is 12.9. The third-order valence-electron chi connectivity index (χ3n) is 7.96. The van der Waals surface area contributed by atoms with Gasteiger partial charge >= 0.3 is 12.1 Å². The second-order valence-corrected chi connectivity index (χ2v) is 10.6. The number of aliphatic carboxylic acids is 1. The van der Waals surface area contributed by atoms with E-state index in [0.29, 0.717) is 46.9 Å². The third-order valence-corrected chi connectivity index (χ3v) is 8.29. The predicted molar refractivity (Wildman–Crippen MR) is 143 cm³/mol. The van der Waals surface area contributed by atoms with Crippen LogP contribution >= 0.6 is 11.6 Å². The molecular formula is C28H32ClN3O6. The molecule has 1 aliphatic heterocycles. The van der Waals surface area contributed by atoms with Crippen molar-refractivity contribution in [1.82, 2.24) is 9.55 Å². The molecule has 4 atom stereocenters. The Morgan fingerprint density at radius 3 is 2.63 bits per heavy atom. The van der Waals surface area contributed by atoms with Gasteiger partial charge in [0.1, 0.15) is 17.7 Å². The molecule has 3 aromatic rings. The van der Waals surface area contributed by atoms with E-state index in [0.717, 1.165) is 36.0 Å². The fourth-order valence-corrected chi connectivity index (χ4v) is 6.26. The maximum absolute atomic E-state index is 12.6. The molecule has 0 saturated heterocycles. The average molecular weight is 542 g/mol. The van der Waals surface area contributed by atoms with Gasteiger partial charge in [0.2, 0.25) is 0 Å². The predicted octanol–water partition coefficient (Wildman–Crippen LogP) is 5.50. The van der Waals surface area contributed by atoms with Gasteiger partial charge in [-0.05, 0) is 63.3 Å². The van der Waals surface area contributed by atoms with Gasteiger partial charge in [0.05, 0.1) is 41.9 Å². The number of anilines is 1. The highest BCUT2D eigenvalue weighted by Crippen LogP contribution is 2.43. The number of nitrogens with zero attached hydrogens (tertiary/aromatic N) is 3. The van der Waals surface area contributed by atoms with E-state index < -0.39 is 24.1 Å². The summed E-state index contributed by atoms with van der Waals surface area (Å²) in [6.07, 6.45) is 2.47. The van der Waals surface area contributed by atoms with Crippen LogP contribution in [0.3, 0.4) is 0 Å². The van der Waals surface area contributed by atoms with E-state index in [1.54, 1.807) is 30.2 Å². The largest absolute Gasteiger partial charge is 0.497 e. The van der Waals surface area contributed by atoms with E-state index in [9.17, 15) is 19.8 Å². The number of aryl methyl sites for hydroxylation is 1. The zero-order valence-electron chi connectivity index (χ0n) is 21.7. The van der Waals surface area contributed by atoms with Crippen LogP contribution < -0.4 is 9.64 Å². The van der Waals surface area contributed by atoms with Crippen molar-refractivity contribution in [3.8, 4) is 5.75 Å². The Balaban J connectivity index is 1.70. The minimum Gasteiger partial charge on any atom is -0.497 e. The molecule has 1 fully saturated rings. The molecule has 1 amide bonds. The molecule has 3 unspecified atom stereocenters. The van der Waals surface area contributed by atoms with Crippen molar-refractivity contribution in [3.63, 3.8) is 0 Å². The number of methoxy groups -OCH3 is 2. The van der Waals surface area contributed by atoms with Gasteiger partial charge in [0.25, 0.3) is 0 Å². The second kappa shape index (κ2) is 10.5. The van der Waals surface area contributed by atoms with E-state index in [-0.39, 0.29) is 12.1 Å². The number of carboxylic acid groups (broad SMARTS) is 1. The smallest absolute Gasteiger partial charge is 0.414 e. The van der Waals surface area contributed by atoms with E-state index in [1.807, 2.05) is 23.6 Å². The van der Waals surface area contributed by atoms with Crippen LogP contribution in [0.4, 0.5) is 10.5 Å². The quantitative estimate of drug-likeness (QED) is 0.438. The van der Waals surface area contributed by atoms with Crippen LogP contribution in [-0.2, 0) is 16.0 Å². The maximum Gasteiger partial charge on any atom is 0.414 e. The Kier molecular flexibility index (Phi) is 7.24. The number of amides is 1. The van der Waals surface area contributed by atoms with E-state index in [2.05, 4.69) is 0 Å². The zero-order valence-corrected chi connectivity index (χ0v) is 22.4. The number of aliphatic hydroxyl groups excluding tert-OH is 1. The van der Waals surface area contributed by atoms with Crippen LogP contribution in [-0.4, -0.2) is 52.1 Å². The SMILES string of the molecule is COC(=O)N1c2ccc3c(nc(C(O)c4ccc(OC)cc4Cl)n3C3CCCC(C(=O)O)C3)c2CC[C@@H]1C. The van der Waals surface area contributed by atoms with Gasteiger partial charge in [0, 0.05) is 23.2 Å². The molecule has 2 N–H and O–H groups in total. The number of hydrogen-bond donors (Lipinski definition) is 2. The molecule has 1 aromatic heterocycles. The molecule has 2 heterocycles. The molecule has 202 valence electrons. The van der Waals surface area contributed by atoms with Crippen LogP contribution in [0.25, 0.3) is 11.0 Å². The molecule has 10 heteroatoms. The molecular weight excluding hydrogens is 510 g/mol. The summed E-state index contributed by atoms with van der Waals surface area (Å²) in [7, 11) is 2.91. The summed E-state index contributed by atoms with van der Waals surface area (Å²) in [5.41, 5.74) is 3.62. The number of rotatable bonds is 5. The van der Waals surface area contributed by atoms with Crippen molar-refractivity contribution < 1.29 is 29.3 Å². The number of imidazole rings is 1. The van der Waals surface area contributed by atoms with Crippen LogP contribution in [0, 0.1) is 5.92 Å². The summed E-state index contributed by atoms with van der Waals surface area (Å²) in [6, 6.07) is 8.71. The Bertz CT molecular complexity index is 1390. The first-order chi connectivity index (χ1) is 18.2. The van der Waals surface area contributed by atoms with Gasteiger partial charge in [-0.2, -0.15) is 0 Å². The summed E-state index contributed by atoms with van der Waals surface area (Å²) >= 11 is 6.54. The fraction of sp³-hybridized carbons (Fsp3) is 0.464. The number of ether oxygens (including phenoxy) is 2. The molecule has 1 aliphatic carbocycles. The topological polar surface area (TPSA) is 114 Å². The van der Waals surface area contributed by atoms with Crippen molar-refractivity contribution in [2.45, 2.75) is 63.6 Å². The molecule has 1 saturated carbocycles. The number of carbonyl (C=O) groups excluding carboxylic acids is 1. The number of halogens is 1. The maximum atomic E-state index is 12.6. The first-order valence-corrected chi connectivity index (χ1v) is 13.3. The molecule has 2 aliphatic rings. The highest BCUT2D eigenvalue weighted by molar-refractivity contribution is 6.31. The summed E-state index contributed by atoms with van der Waals surface area (Å²) in [4.78, 5) is 31.1. The number of hydrogen-bond acceptors (Lipinski definition) is 6. The number of benzene rings is 2. The Morgan fingerprint density at radius 2 is 1.95 bits per heavy atom. The lowest BCUT2D eigenvalue weighted by molar-refractivity contribution is -0.143. The molecule has 0 spiro atoms. The number of aromatic nitrogens is 2. The summed E-state index contributed by atoms with van der Waals surface area (Å²) in [5, 5.41) is 21.7. The van der Waals surface area contributed by atoms with Crippen LogP contribution in [0.15, 0.2) is 30.3 Å². The lowest BCUT2D eigenvalue weighted by Crippen LogP contribution is -2.42. The summed E-state index contributed by atoms with van der Waals surface area (Å²) < 4.78 is 12.3. The van der Waals surface area contributed by atoms with Gasteiger partial charge in [-0.25, -0.2) is 9.78 Å². The highest BCUT2D eigenvalue weighted by Gasteiger charge is 2.35. The van der Waals surface area contributed by atoms with Gasteiger partial charge in [-0.1, -0.05) is 24.1 Å². The second-order valence-electron chi connectivity index (χ2n) is 10.1. The number of carboxylic acids is 1. The number of fused-ring (bicyclic) bond motifs is 3. The molecule has 9 nitrogen and oxygen atoms in total. The van der Waals surface area contributed by atoms with Crippen molar-refractivity contribution in [1.29, 1.82) is 0 Å².